The van der Waals surface area contributed by atoms with Crippen molar-refractivity contribution in [2.75, 3.05) is 6.61 Å². The normalized spacial score (nSPS) is 12.7. The number of nitrogens with zero attached hydrogens (tertiary/aromatic N) is 1. The lowest BCUT2D eigenvalue weighted by Crippen LogP contribution is -2.34. The van der Waals surface area contributed by atoms with Crippen LogP contribution in [-0.4, -0.2) is 28.6 Å². The van der Waals surface area contributed by atoms with Gasteiger partial charge in [-0.3, -0.25) is 4.79 Å². The highest BCUT2D eigenvalue weighted by molar-refractivity contribution is 5.75. The highest BCUT2D eigenvalue weighted by Gasteiger charge is 2.16. The van der Waals surface area contributed by atoms with Gasteiger partial charge in [-0.1, -0.05) is 13.8 Å². The van der Waals surface area contributed by atoms with Gasteiger partial charge in [0.05, 0.1) is 12.9 Å². The highest BCUT2D eigenvalue weighted by atomic mass is 16.5. The first-order chi connectivity index (χ1) is 8.09. The van der Waals surface area contributed by atoms with Gasteiger partial charge in [0.15, 0.2) is 0 Å². The first-order valence-corrected chi connectivity index (χ1v) is 5.99. The number of rotatable bonds is 7. The van der Waals surface area contributed by atoms with Crippen molar-refractivity contribution in [2.24, 2.45) is 11.7 Å². The summed E-state index contributed by atoms with van der Waals surface area (Å²) in [6.07, 6.45) is 5.61. The van der Waals surface area contributed by atoms with Crippen molar-refractivity contribution < 1.29 is 9.53 Å². The van der Waals surface area contributed by atoms with Gasteiger partial charge < -0.3 is 15.5 Å². The Hall–Kier alpha value is -1.36. The molecular weight excluding hydrogens is 218 g/mol. The van der Waals surface area contributed by atoms with Gasteiger partial charge >= 0.3 is 5.97 Å². The zero-order valence-electron chi connectivity index (χ0n) is 10.5. The Morgan fingerprint density at radius 1 is 1.59 bits per heavy atom. The van der Waals surface area contributed by atoms with Gasteiger partial charge in [0.2, 0.25) is 0 Å². The molecule has 3 N–H and O–H groups in total. The van der Waals surface area contributed by atoms with E-state index in [-0.39, 0.29) is 5.97 Å². The van der Waals surface area contributed by atoms with E-state index in [1.54, 1.807) is 12.5 Å². The van der Waals surface area contributed by atoms with Crippen molar-refractivity contribution in [1.82, 2.24) is 9.97 Å². The van der Waals surface area contributed by atoms with E-state index >= 15 is 0 Å². The summed E-state index contributed by atoms with van der Waals surface area (Å²) < 4.78 is 5.10. The number of esters is 1. The molecule has 0 bridgehead atoms. The molecule has 0 saturated heterocycles. The van der Waals surface area contributed by atoms with Crippen molar-refractivity contribution in [2.45, 2.75) is 39.2 Å². The van der Waals surface area contributed by atoms with Crippen LogP contribution in [-0.2, 0) is 16.0 Å². The molecule has 0 aromatic carbocycles. The molecular formula is C12H21N3O2. The molecule has 1 rings (SSSR count). The number of ether oxygens (including phenoxy) is 1. The fourth-order valence-electron chi connectivity index (χ4n) is 1.49. The summed E-state index contributed by atoms with van der Waals surface area (Å²) in [5.74, 6) is 0.288. The summed E-state index contributed by atoms with van der Waals surface area (Å²) in [6, 6.07) is -0.616. The van der Waals surface area contributed by atoms with Gasteiger partial charge in [0.1, 0.15) is 6.04 Å². The standard InChI is InChI=1S/C12H21N3O2/c1-9(2)4-3-5-17-12(16)11(13)6-10-7-14-8-15-10/h7-9,11H,3-6,13H2,1-2H3,(H,14,15)/t11-/m1/s1. The molecule has 1 aromatic rings. The maximum atomic E-state index is 11.5. The van der Waals surface area contributed by atoms with E-state index in [0.717, 1.165) is 18.5 Å². The predicted octanol–water partition coefficient (Wildman–Crippen LogP) is 1.26. The van der Waals surface area contributed by atoms with E-state index in [1.165, 1.54) is 0 Å². The minimum absolute atomic E-state index is 0.344. The van der Waals surface area contributed by atoms with Crippen LogP contribution in [0.3, 0.4) is 0 Å². The number of carbonyl (C=O) groups is 1. The van der Waals surface area contributed by atoms with Crippen LogP contribution in [0.4, 0.5) is 0 Å². The third-order valence-corrected chi connectivity index (χ3v) is 2.47. The minimum atomic E-state index is -0.616. The lowest BCUT2D eigenvalue weighted by atomic mass is 10.1. The predicted molar refractivity (Wildman–Crippen MR) is 65.3 cm³/mol. The number of carbonyl (C=O) groups excluding carboxylic acids is 1. The Kier molecular flexibility index (Phi) is 5.69. The van der Waals surface area contributed by atoms with Gasteiger partial charge in [-0.05, 0) is 18.8 Å². The lowest BCUT2D eigenvalue weighted by Gasteiger charge is -2.11. The van der Waals surface area contributed by atoms with Gasteiger partial charge in [0, 0.05) is 18.3 Å². The monoisotopic (exact) mass is 239 g/mol. The Morgan fingerprint density at radius 3 is 2.94 bits per heavy atom. The molecule has 5 nitrogen and oxygen atoms in total. The van der Waals surface area contributed by atoms with Crippen LogP contribution >= 0.6 is 0 Å². The minimum Gasteiger partial charge on any atom is -0.465 e. The van der Waals surface area contributed by atoms with Crippen LogP contribution in [0.2, 0.25) is 0 Å². The Labute approximate surface area is 102 Å². The van der Waals surface area contributed by atoms with Gasteiger partial charge in [-0.2, -0.15) is 0 Å². The molecule has 0 saturated carbocycles. The van der Waals surface area contributed by atoms with Crippen LogP contribution in [0.25, 0.3) is 0 Å². The summed E-state index contributed by atoms with van der Waals surface area (Å²) in [7, 11) is 0. The maximum Gasteiger partial charge on any atom is 0.323 e. The van der Waals surface area contributed by atoms with E-state index in [4.69, 9.17) is 10.5 Å². The molecule has 1 aromatic heterocycles. The van der Waals surface area contributed by atoms with E-state index in [9.17, 15) is 4.79 Å². The summed E-state index contributed by atoms with van der Waals surface area (Å²) in [5, 5.41) is 0. The second-order valence-corrected chi connectivity index (χ2v) is 4.59. The van der Waals surface area contributed by atoms with Crippen molar-refractivity contribution in [3.63, 3.8) is 0 Å². The first-order valence-electron chi connectivity index (χ1n) is 5.99. The summed E-state index contributed by atoms with van der Waals surface area (Å²) in [4.78, 5) is 18.3. The van der Waals surface area contributed by atoms with Crippen LogP contribution < -0.4 is 5.73 Å². The number of imidazole rings is 1. The van der Waals surface area contributed by atoms with Gasteiger partial charge in [-0.15, -0.1) is 0 Å². The number of nitrogens with one attached hydrogen (secondary N) is 1. The molecule has 0 radical (unpaired) electrons. The molecule has 17 heavy (non-hydrogen) atoms. The van der Waals surface area contributed by atoms with Crippen molar-refractivity contribution >= 4 is 5.97 Å². The van der Waals surface area contributed by atoms with Crippen molar-refractivity contribution in [3.8, 4) is 0 Å². The molecule has 0 aliphatic carbocycles. The zero-order chi connectivity index (χ0) is 12.7. The lowest BCUT2D eigenvalue weighted by molar-refractivity contribution is -0.145. The van der Waals surface area contributed by atoms with Crippen LogP contribution in [0.15, 0.2) is 12.5 Å². The number of hydrogen-bond acceptors (Lipinski definition) is 4. The average Bonchev–Trinajstić information content (AvgIpc) is 2.76. The van der Waals surface area contributed by atoms with E-state index in [1.807, 2.05) is 0 Å². The van der Waals surface area contributed by atoms with Crippen LogP contribution in [0.5, 0.6) is 0 Å². The molecule has 0 spiro atoms. The SMILES string of the molecule is CC(C)CCCOC(=O)[C@H](N)Cc1cnc[nH]1. The third-order valence-electron chi connectivity index (χ3n) is 2.47. The smallest absolute Gasteiger partial charge is 0.323 e. The summed E-state index contributed by atoms with van der Waals surface area (Å²) >= 11 is 0. The maximum absolute atomic E-state index is 11.5. The summed E-state index contributed by atoms with van der Waals surface area (Å²) in [5.41, 5.74) is 6.57. The molecule has 1 atom stereocenters. The fraction of sp³-hybridized carbons (Fsp3) is 0.667. The van der Waals surface area contributed by atoms with E-state index < -0.39 is 6.04 Å². The second-order valence-electron chi connectivity index (χ2n) is 4.59. The molecule has 5 heteroatoms. The Morgan fingerprint density at radius 2 is 2.35 bits per heavy atom. The number of aromatic amines is 1. The molecule has 0 fully saturated rings. The van der Waals surface area contributed by atoms with Crippen LogP contribution in [0, 0.1) is 5.92 Å². The van der Waals surface area contributed by atoms with Crippen LogP contribution in [0.1, 0.15) is 32.4 Å². The molecule has 0 amide bonds. The number of aromatic nitrogens is 2. The summed E-state index contributed by atoms with van der Waals surface area (Å²) in [6.45, 7) is 4.74. The number of nitrogens with two attached hydrogens (primary N) is 1. The quantitative estimate of drug-likeness (QED) is 0.554. The largest absolute Gasteiger partial charge is 0.465 e. The number of H-pyrrole nitrogens is 1. The Bertz CT molecular complexity index is 323. The van der Waals surface area contributed by atoms with Gasteiger partial charge in [-0.25, -0.2) is 4.98 Å². The molecule has 0 aliphatic heterocycles. The van der Waals surface area contributed by atoms with E-state index in [2.05, 4.69) is 23.8 Å². The van der Waals surface area contributed by atoms with Crippen molar-refractivity contribution in [3.05, 3.63) is 18.2 Å². The average molecular weight is 239 g/mol. The van der Waals surface area contributed by atoms with Gasteiger partial charge in [0.25, 0.3) is 0 Å². The molecule has 0 unspecified atom stereocenters. The zero-order valence-corrected chi connectivity index (χ0v) is 10.5. The number of hydrogen-bond donors (Lipinski definition) is 2. The molecule has 1 heterocycles. The fourth-order valence-corrected chi connectivity index (χ4v) is 1.49. The first kappa shape index (κ1) is 13.7. The third kappa shape index (κ3) is 5.49. The molecule has 0 aliphatic rings. The molecule has 96 valence electrons. The van der Waals surface area contributed by atoms with Crippen molar-refractivity contribution in [1.29, 1.82) is 0 Å². The topological polar surface area (TPSA) is 81.0 Å². The second kappa shape index (κ2) is 7.06. The Balaban J connectivity index is 2.18. The van der Waals surface area contributed by atoms with E-state index in [0.29, 0.717) is 18.9 Å². The highest BCUT2D eigenvalue weighted by Crippen LogP contribution is 2.04.